The van der Waals surface area contributed by atoms with Crippen molar-refractivity contribution >= 4 is 5.65 Å². The Morgan fingerprint density at radius 2 is 1.74 bits per heavy atom. The zero-order chi connectivity index (χ0) is 23.2. The van der Waals surface area contributed by atoms with Crippen LogP contribution < -0.4 is 10.3 Å². The molecule has 0 amide bonds. The molecule has 3 heterocycles. The first-order chi connectivity index (χ1) is 14.2. The van der Waals surface area contributed by atoms with Gasteiger partial charge in [-0.2, -0.15) is 40.2 Å². The molecule has 0 N–H and O–H groups in total. The molecule has 0 radical (unpaired) electrons. The quantitative estimate of drug-likeness (QED) is 0.539. The van der Waals surface area contributed by atoms with Crippen LogP contribution in [0, 0.1) is 0 Å². The van der Waals surface area contributed by atoms with Crippen molar-refractivity contribution in [2.45, 2.75) is 24.8 Å². The Balaban J connectivity index is 2.16. The molecule has 0 aromatic carbocycles. The third-order valence-electron chi connectivity index (χ3n) is 3.99. The number of ether oxygens (including phenoxy) is 1. The van der Waals surface area contributed by atoms with Crippen LogP contribution in [0.3, 0.4) is 0 Å². The van der Waals surface area contributed by atoms with Crippen LogP contribution >= 0.6 is 0 Å². The summed E-state index contributed by atoms with van der Waals surface area (Å²) in [5, 5.41) is 3.21. The molecule has 0 unspecified atom stereocenters. The van der Waals surface area contributed by atoms with E-state index in [2.05, 4.69) is 14.8 Å². The summed E-state index contributed by atoms with van der Waals surface area (Å²) in [4.78, 5) is 16.0. The summed E-state index contributed by atoms with van der Waals surface area (Å²) in [5.41, 5.74) is -5.42. The predicted molar refractivity (Wildman–Crippen MR) is 85.3 cm³/mol. The molecule has 0 aliphatic rings. The molecular formula is C16H9F9N4O2. The molecule has 0 atom stereocenters. The highest BCUT2D eigenvalue weighted by atomic mass is 19.4. The number of rotatable bonds is 5. The molecule has 0 saturated carbocycles. The van der Waals surface area contributed by atoms with Crippen LogP contribution in [-0.4, -0.2) is 38.1 Å². The predicted octanol–water partition coefficient (Wildman–Crippen LogP) is 4.08. The van der Waals surface area contributed by atoms with Gasteiger partial charge in [0.2, 0.25) is 6.86 Å². The molecule has 6 nitrogen and oxygen atoms in total. The first kappa shape index (κ1) is 22.4. The van der Waals surface area contributed by atoms with Crippen LogP contribution in [0.1, 0.15) is 5.69 Å². The van der Waals surface area contributed by atoms with Crippen LogP contribution in [0.5, 0.6) is 5.75 Å². The molecule has 0 fully saturated rings. The van der Waals surface area contributed by atoms with Crippen molar-refractivity contribution in [1.82, 2.24) is 19.2 Å². The topological polar surface area (TPSA) is 61.4 Å². The largest absolute Gasteiger partial charge is 0.463 e. The summed E-state index contributed by atoms with van der Waals surface area (Å²) in [6, 6.07) is 1.91. The maximum absolute atomic E-state index is 13.5. The summed E-state index contributed by atoms with van der Waals surface area (Å²) in [5.74, 6) is -5.44. The van der Waals surface area contributed by atoms with E-state index in [9.17, 15) is 44.3 Å². The Hall–Kier alpha value is -3.26. The number of fused-ring (bicyclic) bond motifs is 1. The van der Waals surface area contributed by atoms with Gasteiger partial charge >= 0.3 is 18.3 Å². The maximum Gasteiger partial charge on any atom is 0.455 e. The standard InChI is InChI=1S/C16H9F9N4O2/c17-7-31-9-1-2-29-10(3-9)27-12(15(20,21)22)11(13(29)30)8-4-26-28(5-8)6-14(18,19)16(23,24)25/h1-5H,6-7H2. The highest BCUT2D eigenvalue weighted by molar-refractivity contribution is 5.66. The van der Waals surface area contributed by atoms with E-state index in [4.69, 9.17) is 0 Å². The van der Waals surface area contributed by atoms with Gasteiger partial charge in [-0.05, 0) is 6.07 Å². The lowest BCUT2D eigenvalue weighted by Gasteiger charge is -2.19. The summed E-state index contributed by atoms with van der Waals surface area (Å²) in [6.07, 6.45) is -9.22. The number of halogens is 9. The van der Waals surface area contributed by atoms with Crippen LogP contribution in [0.4, 0.5) is 39.5 Å². The Bertz CT molecular complexity index is 1160. The van der Waals surface area contributed by atoms with Gasteiger partial charge in [-0.15, -0.1) is 0 Å². The molecule has 168 valence electrons. The average molecular weight is 460 g/mol. The van der Waals surface area contributed by atoms with E-state index in [-0.39, 0.29) is 10.4 Å². The second-order valence-electron chi connectivity index (χ2n) is 6.11. The van der Waals surface area contributed by atoms with Gasteiger partial charge in [0.1, 0.15) is 17.9 Å². The van der Waals surface area contributed by atoms with E-state index < -0.39 is 59.7 Å². The number of alkyl halides is 9. The number of aromatic nitrogens is 4. The molecule has 3 aromatic heterocycles. The van der Waals surface area contributed by atoms with Gasteiger partial charge in [0.15, 0.2) is 5.69 Å². The highest BCUT2D eigenvalue weighted by Crippen LogP contribution is 2.37. The zero-order valence-electron chi connectivity index (χ0n) is 14.8. The van der Waals surface area contributed by atoms with Crippen LogP contribution in [-0.2, 0) is 12.7 Å². The summed E-state index contributed by atoms with van der Waals surface area (Å²) >= 11 is 0. The van der Waals surface area contributed by atoms with E-state index >= 15 is 0 Å². The lowest BCUT2D eigenvalue weighted by atomic mass is 10.1. The van der Waals surface area contributed by atoms with Gasteiger partial charge in [0, 0.05) is 24.0 Å². The fourth-order valence-electron chi connectivity index (χ4n) is 2.61. The Kier molecular flexibility index (Phi) is 5.40. The maximum atomic E-state index is 13.5. The fraction of sp³-hybridized carbons (Fsp3) is 0.312. The second-order valence-corrected chi connectivity index (χ2v) is 6.11. The molecule has 0 aliphatic heterocycles. The second kappa shape index (κ2) is 7.46. The molecule has 15 heteroatoms. The normalized spacial score (nSPS) is 13.1. The van der Waals surface area contributed by atoms with Crippen molar-refractivity contribution in [2.75, 3.05) is 6.86 Å². The smallest absolute Gasteiger partial charge is 0.455 e. The molecule has 0 spiro atoms. The summed E-state index contributed by atoms with van der Waals surface area (Å²) in [7, 11) is 0. The van der Waals surface area contributed by atoms with Gasteiger partial charge in [0.05, 0.1) is 11.8 Å². The van der Waals surface area contributed by atoms with Crippen molar-refractivity contribution < 1.29 is 44.3 Å². The summed E-state index contributed by atoms with van der Waals surface area (Å²) in [6.45, 7) is -3.31. The molecule has 0 aliphatic carbocycles. The van der Waals surface area contributed by atoms with Crippen LogP contribution in [0.25, 0.3) is 16.8 Å². The first-order valence-electron chi connectivity index (χ1n) is 8.04. The van der Waals surface area contributed by atoms with Crippen molar-refractivity contribution in [3.63, 3.8) is 0 Å². The summed E-state index contributed by atoms with van der Waals surface area (Å²) < 4.78 is 122. The van der Waals surface area contributed by atoms with E-state index in [1.165, 1.54) is 0 Å². The SMILES string of the molecule is O=c1c(-c2cnn(CC(F)(F)C(F)(F)F)c2)c(C(F)(F)F)nc2cc(OCF)ccn12. The number of nitrogens with zero attached hydrogens (tertiary/aromatic N) is 4. The minimum Gasteiger partial charge on any atom is -0.463 e. The number of hydrogen-bond donors (Lipinski definition) is 0. The molecular weight excluding hydrogens is 451 g/mol. The molecule has 0 bridgehead atoms. The van der Waals surface area contributed by atoms with Crippen molar-refractivity contribution in [3.8, 4) is 16.9 Å². The monoisotopic (exact) mass is 460 g/mol. The van der Waals surface area contributed by atoms with Crippen LogP contribution in [0.2, 0.25) is 0 Å². The third-order valence-corrected chi connectivity index (χ3v) is 3.99. The number of hydrogen-bond acceptors (Lipinski definition) is 4. The Morgan fingerprint density at radius 1 is 1.06 bits per heavy atom. The number of pyridine rings is 1. The molecule has 31 heavy (non-hydrogen) atoms. The van der Waals surface area contributed by atoms with Crippen LogP contribution in [0.15, 0.2) is 35.5 Å². The first-order valence-corrected chi connectivity index (χ1v) is 8.04. The van der Waals surface area contributed by atoms with E-state index in [0.29, 0.717) is 16.8 Å². The van der Waals surface area contributed by atoms with Gasteiger partial charge < -0.3 is 4.74 Å². The van der Waals surface area contributed by atoms with E-state index in [1.807, 2.05) is 0 Å². The van der Waals surface area contributed by atoms with Crippen molar-refractivity contribution in [2.24, 2.45) is 0 Å². The molecule has 3 rings (SSSR count). The lowest BCUT2D eigenvalue weighted by Crippen LogP contribution is -2.40. The third kappa shape index (κ3) is 4.29. The lowest BCUT2D eigenvalue weighted by molar-refractivity contribution is -0.287. The van der Waals surface area contributed by atoms with E-state index in [0.717, 1.165) is 18.3 Å². The fourth-order valence-corrected chi connectivity index (χ4v) is 2.61. The van der Waals surface area contributed by atoms with Crippen molar-refractivity contribution in [1.29, 1.82) is 0 Å². The van der Waals surface area contributed by atoms with Gasteiger partial charge in [-0.1, -0.05) is 0 Å². The van der Waals surface area contributed by atoms with E-state index in [1.54, 1.807) is 0 Å². The van der Waals surface area contributed by atoms with Gasteiger partial charge in [0.25, 0.3) is 5.56 Å². The Labute approximate surface area is 165 Å². The highest BCUT2D eigenvalue weighted by Gasteiger charge is 2.57. The van der Waals surface area contributed by atoms with Gasteiger partial charge in [-0.3, -0.25) is 13.9 Å². The Morgan fingerprint density at radius 3 is 2.32 bits per heavy atom. The van der Waals surface area contributed by atoms with Crippen molar-refractivity contribution in [3.05, 3.63) is 46.8 Å². The van der Waals surface area contributed by atoms with Gasteiger partial charge in [-0.25, -0.2) is 9.37 Å². The average Bonchev–Trinajstić information content (AvgIpc) is 3.07. The molecule has 3 aromatic rings. The minimum atomic E-state index is -5.92. The minimum absolute atomic E-state index is 0.0649. The zero-order valence-corrected chi connectivity index (χ0v) is 14.8. The molecule has 0 saturated heterocycles.